The molecule has 7 nitrogen and oxygen atoms in total. The monoisotopic (exact) mass is 423 g/mol. The Balaban J connectivity index is 1.82. The molecule has 7 heteroatoms. The molecule has 0 spiro atoms. The number of hydrogen-bond acceptors (Lipinski definition) is 4. The maximum atomic E-state index is 13.2. The Morgan fingerprint density at radius 1 is 1.23 bits per heavy atom. The third-order valence-electron chi connectivity index (χ3n) is 5.77. The first-order valence-electron chi connectivity index (χ1n) is 10.6. The number of hydrogen-bond donors (Lipinski definition) is 0. The van der Waals surface area contributed by atoms with E-state index in [1.807, 2.05) is 43.9 Å². The summed E-state index contributed by atoms with van der Waals surface area (Å²) in [5.41, 5.74) is 3.01. The lowest BCUT2D eigenvalue weighted by Crippen LogP contribution is -2.47. The maximum Gasteiger partial charge on any atom is 0.273 e. The largest absolute Gasteiger partial charge is 0.334 e. The van der Waals surface area contributed by atoms with Crippen LogP contribution in [0.1, 0.15) is 53.9 Å². The summed E-state index contributed by atoms with van der Waals surface area (Å²) in [4.78, 5) is 40.5. The van der Waals surface area contributed by atoms with Crippen LogP contribution in [0.5, 0.6) is 0 Å². The molecule has 2 amide bonds. The highest BCUT2D eigenvalue weighted by atomic mass is 16.6. The van der Waals surface area contributed by atoms with Crippen molar-refractivity contribution in [1.29, 1.82) is 0 Å². The van der Waals surface area contributed by atoms with E-state index in [0.29, 0.717) is 18.7 Å². The zero-order valence-corrected chi connectivity index (χ0v) is 18.5. The van der Waals surface area contributed by atoms with Crippen LogP contribution in [0.15, 0.2) is 42.5 Å². The minimum atomic E-state index is -0.489. The molecule has 2 aromatic rings. The first kappa shape index (κ1) is 22.5. The van der Waals surface area contributed by atoms with Crippen LogP contribution in [0.25, 0.3) is 0 Å². The molecule has 0 N–H and O–H groups in total. The van der Waals surface area contributed by atoms with E-state index >= 15 is 0 Å². The van der Waals surface area contributed by atoms with Gasteiger partial charge in [-0.25, -0.2) is 0 Å². The maximum absolute atomic E-state index is 13.2. The molecule has 31 heavy (non-hydrogen) atoms. The van der Waals surface area contributed by atoms with Crippen molar-refractivity contribution >= 4 is 17.5 Å². The number of nitrogens with zero attached hydrogens (tertiary/aromatic N) is 3. The first-order valence-corrected chi connectivity index (χ1v) is 10.6. The normalized spacial score (nSPS) is 15.5. The molecule has 0 fully saturated rings. The van der Waals surface area contributed by atoms with Gasteiger partial charge in [-0.05, 0) is 43.4 Å². The summed E-state index contributed by atoms with van der Waals surface area (Å²) in [6.07, 6.45) is 0.786. The van der Waals surface area contributed by atoms with Crippen molar-refractivity contribution < 1.29 is 14.5 Å². The van der Waals surface area contributed by atoms with E-state index in [1.165, 1.54) is 16.5 Å². The van der Waals surface area contributed by atoms with Crippen molar-refractivity contribution in [3.05, 3.63) is 74.8 Å². The third-order valence-corrected chi connectivity index (χ3v) is 5.77. The van der Waals surface area contributed by atoms with Gasteiger partial charge in [0.15, 0.2) is 0 Å². The van der Waals surface area contributed by atoms with Crippen LogP contribution in [0.2, 0.25) is 0 Å². The fraction of sp³-hybridized carbons (Fsp3) is 0.417. The van der Waals surface area contributed by atoms with Gasteiger partial charge in [-0.3, -0.25) is 19.7 Å². The summed E-state index contributed by atoms with van der Waals surface area (Å²) >= 11 is 0. The van der Waals surface area contributed by atoms with Gasteiger partial charge < -0.3 is 9.80 Å². The molecule has 0 aromatic heterocycles. The molecule has 1 aliphatic rings. The first-order chi connectivity index (χ1) is 14.7. The average Bonchev–Trinajstić information content (AvgIpc) is 2.73. The van der Waals surface area contributed by atoms with Crippen molar-refractivity contribution in [3.63, 3.8) is 0 Å². The number of benzene rings is 2. The van der Waals surface area contributed by atoms with E-state index < -0.39 is 4.92 Å². The number of carbonyl (C=O) groups excluding carboxylic acids is 2. The fourth-order valence-corrected chi connectivity index (χ4v) is 4.15. The Hall–Kier alpha value is -3.22. The summed E-state index contributed by atoms with van der Waals surface area (Å²) in [5, 5.41) is 11.3. The summed E-state index contributed by atoms with van der Waals surface area (Å²) in [6, 6.07) is 12.5. The second-order valence-corrected chi connectivity index (χ2v) is 8.55. The van der Waals surface area contributed by atoms with Crippen molar-refractivity contribution in [2.45, 2.75) is 40.2 Å². The van der Waals surface area contributed by atoms with Gasteiger partial charge in [0, 0.05) is 30.3 Å². The number of aryl methyl sites for hydroxylation is 1. The van der Waals surface area contributed by atoms with E-state index in [4.69, 9.17) is 0 Å². The number of nitro groups is 1. The predicted molar refractivity (Wildman–Crippen MR) is 119 cm³/mol. The zero-order chi connectivity index (χ0) is 22.7. The highest BCUT2D eigenvalue weighted by Crippen LogP contribution is 2.29. The van der Waals surface area contributed by atoms with Crippen LogP contribution in [-0.4, -0.2) is 46.2 Å². The van der Waals surface area contributed by atoms with Crippen LogP contribution in [-0.2, 0) is 11.2 Å². The number of nitro benzene ring substituents is 1. The summed E-state index contributed by atoms with van der Waals surface area (Å²) in [6.45, 7) is 8.54. The van der Waals surface area contributed by atoms with Gasteiger partial charge in [0.2, 0.25) is 5.91 Å². The summed E-state index contributed by atoms with van der Waals surface area (Å²) in [7, 11) is 0. The number of fused-ring (bicyclic) bond motifs is 1. The van der Waals surface area contributed by atoms with Crippen molar-refractivity contribution in [2.24, 2.45) is 5.92 Å². The van der Waals surface area contributed by atoms with Gasteiger partial charge in [-0.15, -0.1) is 0 Å². The second-order valence-electron chi connectivity index (χ2n) is 8.55. The highest BCUT2D eigenvalue weighted by molar-refractivity contribution is 5.97. The number of carbonyl (C=O) groups is 2. The van der Waals surface area contributed by atoms with E-state index in [-0.39, 0.29) is 41.6 Å². The highest BCUT2D eigenvalue weighted by Gasteiger charge is 2.30. The minimum Gasteiger partial charge on any atom is -0.334 e. The summed E-state index contributed by atoms with van der Waals surface area (Å²) in [5.74, 6) is -0.329. The Kier molecular flexibility index (Phi) is 6.73. The molecule has 0 bridgehead atoms. The standard InChI is InChI=1S/C24H29N3O4/c1-16(2)14-25(24(29)20-10-9-17(3)22(13-20)27(30)31)15-23(28)26-12-11-19-7-5-6-8-21(19)18(26)4/h5-10,13,16,18H,11-12,14-15H2,1-4H3. The van der Waals surface area contributed by atoms with Crippen LogP contribution in [0.4, 0.5) is 5.69 Å². The molecule has 0 saturated heterocycles. The van der Waals surface area contributed by atoms with E-state index in [1.54, 1.807) is 19.1 Å². The van der Waals surface area contributed by atoms with Crippen molar-refractivity contribution in [2.75, 3.05) is 19.6 Å². The molecule has 0 aliphatic carbocycles. The fourth-order valence-electron chi connectivity index (χ4n) is 4.15. The minimum absolute atomic E-state index is 0.0504. The van der Waals surface area contributed by atoms with E-state index in [2.05, 4.69) is 6.07 Å². The Morgan fingerprint density at radius 2 is 1.94 bits per heavy atom. The predicted octanol–water partition coefficient (Wildman–Crippen LogP) is 4.15. The molecule has 0 saturated carbocycles. The van der Waals surface area contributed by atoms with Crippen molar-refractivity contribution in [3.8, 4) is 0 Å². The third kappa shape index (κ3) is 4.93. The molecule has 1 unspecified atom stereocenters. The van der Waals surface area contributed by atoms with Gasteiger partial charge >= 0.3 is 0 Å². The lowest BCUT2D eigenvalue weighted by atomic mass is 9.93. The topological polar surface area (TPSA) is 83.8 Å². The molecular formula is C24H29N3O4. The molecule has 1 heterocycles. The van der Waals surface area contributed by atoms with Crippen LogP contribution < -0.4 is 0 Å². The lowest BCUT2D eigenvalue weighted by molar-refractivity contribution is -0.385. The molecule has 1 aliphatic heterocycles. The molecule has 3 rings (SSSR count). The quantitative estimate of drug-likeness (QED) is 0.516. The van der Waals surface area contributed by atoms with Crippen molar-refractivity contribution in [1.82, 2.24) is 9.80 Å². The molecule has 164 valence electrons. The van der Waals surface area contributed by atoms with Gasteiger partial charge in [0.1, 0.15) is 6.54 Å². The summed E-state index contributed by atoms with van der Waals surface area (Å²) < 4.78 is 0. The van der Waals surface area contributed by atoms with Crippen LogP contribution in [0.3, 0.4) is 0 Å². The average molecular weight is 424 g/mol. The molecule has 1 atom stereocenters. The second kappa shape index (κ2) is 9.29. The SMILES string of the molecule is Cc1ccc(C(=O)N(CC(=O)N2CCc3ccccc3C2C)CC(C)C)cc1[N+](=O)[O-]. The lowest BCUT2D eigenvalue weighted by Gasteiger charge is -2.37. The zero-order valence-electron chi connectivity index (χ0n) is 18.5. The smallest absolute Gasteiger partial charge is 0.273 e. The van der Waals surface area contributed by atoms with Gasteiger partial charge in [-0.2, -0.15) is 0 Å². The van der Waals surface area contributed by atoms with Gasteiger partial charge in [0.25, 0.3) is 11.6 Å². The molecule has 0 radical (unpaired) electrons. The number of amides is 2. The Morgan fingerprint density at radius 3 is 2.61 bits per heavy atom. The van der Waals surface area contributed by atoms with Gasteiger partial charge in [0.05, 0.1) is 11.0 Å². The van der Waals surface area contributed by atoms with Gasteiger partial charge in [-0.1, -0.05) is 44.2 Å². The Bertz CT molecular complexity index is 1000. The molecular weight excluding hydrogens is 394 g/mol. The molecule has 2 aromatic carbocycles. The van der Waals surface area contributed by atoms with Crippen LogP contribution in [0, 0.1) is 23.0 Å². The van der Waals surface area contributed by atoms with Crippen LogP contribution >= 0.6 is 0 Å². The number of rotatable bonds is 6. The van der Waals surface area contributed by atoms with E-state index in [9.17, 15) is 19.7 Å². The van der Waals surface area contributed by atoms with E-state index in [0.717, 1.165) is 12.0 Å². The Labute approximate surface area is 182 Å².